The summed E-state index contributed by atoms with van der Waals surface area (Å²) in [6.07, 6.45) is 6.55. The van der Waals surface area contributed by atoms with Gasteiger partial charge in [-0.25, -0.2) is 0 Å². The smallest absolute Gasteiger partial charge is 0.408 e. The summed E-state index contributed by atoms with van der Waals surface area (Å²) in [5, 5.41) is 32.7. The Morgan fingerprint density at radius 2 is 1.79 bits per heavy atom. The molecule has 1 spiro atoms. The molecule has 1 saturated heterocycles. The van der Waals surface area contributed by atoms with Gasteiger partial charge in [-0.05, 0) is 87.3 Å². The Morgan fingerprint density at radius 3 is 2.57 bits per heavy atom. The second kappa shape index (κ2) is 6.43. The fraction of sp³-hybridized carbons (Fsp3) is 1.00. The van der Waals surface area contributed by atoms with Gasteiger partial charge in [0, 0.05) is 5.41 Å². The van der Waals surface area contributed by atoms with Gasteiger partial charge >= 0.3 is 7.12 Å². The molecule has 0 aromatic rings. The number of hydrogen-bond acceptors (Lipinski definition) is 5. The van der Waals surface area contributed by atoms with Gasteiger partial charge in [-0.2, -0.15) is 0 Å². The van der Waals surface area contributed by atoms with Gasteiger partial charge in [-0.1, -0.05) is 13.8 Å². The maximum atomic E-state index is 11.5. The summed E-state index contributed by atoms with van der Waals surface area (Å²) in [4.78, 5) is 0. The predicted molar refractivity (Wildman–Crippen MR) is 107 cm³/mol. The van der Waals surface area contributed by atoms with Gasteiger partial charge in [0.15, 0.2) is 0 Å². The van der Waals surface area contributed by atoms with Gasteiger partial charge in [0.05, 0.1) is 24.4 Å². The average molecular weight is 392 g/mol. The van der Waals surface area contributed by atoms with E-state index in [1.54, 1.807) is 0 Å². The molecule has 6 heteroatoms. The molecule has 3 N–H and O–H groups in total. The zero-order valence-electron chi connectivity index (χ0n) is 17.6. The lowest BCUT2D eigenvalue weighted by Gasteiger charge is -2.64. The van der Waals surface area contributed by atoms with E-state index in [0.717, 1.165) is 44.9 Å². The van der Waals surface area contributed by atoms with Gasteiger partial charge < -0.3 is 24.6 Å². The first kappa shape index (κ1) is 19.8. The Labute approximate surface area is 169 Å². The summed E-state index contributed by atoms with van der Waals surface area (Å²) in [6.45, 7) is 6.90. The van der Waals surface area contributed by atoms with Crippen LogP contribution >= 0.6 is 0 Å². The highest BCUT2D eigenvalue weighted by Gasteiger charge is 2.70. The molecule has 158 valence electrons. The molecule has 0 aromatic heterocycles. The van der Waals surface area contributed by atoms with E-state index in [1.165, 1.54) is 0 Å². The number of hydrogen-bond donors (Lipinski definition) is 3. The summed E-state index contributed by atoms with van der Waals surface area (Å²) in [5.74, 6) is 1.79. The normalized spacial score (nSPS) is 58.9. The van der Waals surface area contributed by atoms with Crippen molar-refractivity contribution in [2.75, 3.05) is 6.61 Å². The first-order valence-electron chi connectivity index (χ1n) is 11.5. The monoisotopic (exact) mass is 392 g/mol. The van der Waals surface area contributed by atoms with Crippen molar-refractivity contribution < 1.29 is 24.6 Å². The molecule has 0 aromatic carbocycles. The second-order valence-corrected chi connectivity index (χ2v) is 11.2. The van der Waals surface area contributed by atoms with Crippen LogP contribution in [0.2, 0.25) is 6.82 Å². The Hall–Kier alpha value is -0.135. The lowest BCUT2D eigenvalue weighted by atomic mass is 9.43. The molecule has 4 aliphatic carbocycles. The molecule has 5 fully saturated rings. The summed E-state index contributed by atoms with van der Waals surface area (Å²) >= 11 is 0. The van der Waals surface area contributed by atoms with Crippen LogP contribution in [0.1, 0.15) is 65.2 Å². The van der Waals surface area contributed by atoms with Crippen molar-refractivity contribution in [3.63, 3.8) is 0 Å². The molecule has 5 rings (SSSR count). The standard InChI is InChI=1S/C22H37BO5/c1-20-8-6-14(24)10-13(20)4-5-15-16-7-9-22(18(26)12-27-23(3)28-22)21(16,2)11-17(25)19(15)20/h13-19,24-26H,4-12H2,1-3H3. The minimum absolute atomic E-state index is 0.126. The van der Waals surface area contributed by atoms with Crippen LogP contribution in [0.15, 0.2) is 0 Å². The highest BCUT2D eigenvalue weighted by Crippen LogP contribution is 2.69. The molecule has 28 heavy (non-hydrogen) atoms. The number of aliphatic hydroxyl groups is 3. The maximum absolute atomic E-state index is 11.5. The molecule has 0 radical (unpaired) electrons. The van der Waals surface area contributed by atoms with Crippen LogP contribution in [-0.4, -0.2) is 53.0 Å². The molecular weight excluding hydrogens is 355 g/mol. The minimum Gasteiger partial charge on any atom is -0.408 e. The third kappa shape index (κ3) is 2.45. The molecule has 0 bridgehead atoms. The lowest BCUT2D eigenvalue weighted by Crippen LogP contribution is -2.67. The van der Waals surface area contributed by atoms with Gasteiger partial charge in [0.2, 0.25) is 0 Å². The molecule has 10 unspecified atom stereocenters. The quantitative estimate of drug-likeness (QED) is 0.553. The van der Waals surface area contributed by atoms with E-state index in [4.69, 9.17) is 9.31 Å². The fourth-order valence-electron chi connectivity index (χ4n) is 8.89. The van der Waals surface area contributed by atoms with Gasteiger partial charge in [-0.3, -0.25) is 0 Å². The van der Waals surface area contributed by atoms with Crippen LogP contribution in [-0.2, 0) is 9.31 Å². The lowest BCUT2D eigenvalue weighted by molar-refractivity contribution is -0.229. The van der Waals surface area contributed by atoms with Crippen LogP contribution in [0.4, 0.5) is 0 Å². The van der Waals surface area contributed by atoms with E-state index in [2.05, 4.69) is 13.8 Å². The fourth-order valence-corrected chi connectivity index (χ4v) is 8.89. The Kier molecular flexibility index (Phi) is 4.55. The van der Waals surface area contributed by atoms with E-state index in [9.17, 15) is 15.3 Å². The summed E-state index contributed by atoms with van der Waals surface area (Å²) in [7, 11) is -0.304. The van der Waals surface area contributed by atoms with Crippen molar-refractivity contribution in [2.45, 2.75) is 96.0 Å². The van der Waals surface area contributed by atoms with Gasteiger partial charge in [0.1, 0.15) is 6.10 Å². The number of fused-ring (bicyclic) bond motifs is 6. The average Bonchev–Trinajstić information content (AvgIpc) is 2.91. The van der Waals surface area contributed by atoms with E-state index in [0.29, 0.717) is 36.7 Å². The molecule has 10 atom stereocenters. The van der Waals surface area contributed by atoms with Crippen molar-refractivity contribution in [3.05, 3.63) is 0 Å². The van der Waals surface area contributed by atoms with Crippen molar-refractivity contribution in [1.29, 1.82) is 0 Å². The van der Waals surface area contributed by atoms with Crippen LogP contribution in [0.3, 0.4) is 0 Å². The van der Waals surface area contributed by atoms with Crippen LogP contribution < -0.4 is 0 Å². The third-order valence-corrected chi connectivity index (χ3v) is 10.2. The van der Waals surface area contributed by atoms with Crippen molar-refractivity contribution >= 4 is 7.12 Å². The third-order valence-electron chi connectivity index (χ3n) is 10.2. The van der Waals surface area contributed by atoms with Crippen LogP contribution in [0, 0.1) is 34.5 Å². The predicted octanol–water partition coefficient (Wildman–Crippen LogP) is 2.63. The molecular formula is C22H37BO5. The van der Waals surface area contributed by atoms with Crippen molar-refractivity contribution in [2.24, 2.45) is 34.5 Å². The van der Waals surface area contributed by atoms with E-state index in [-0.39, 0.29) is 30.2 Å². The van der Waals surface area contributed by atoms with E-state index in [1.807, 2.05) is 6.82 Å². The van der Waals surface area contributed by atoms with Gasteiger partial charge in [-0.15, -0.1) is 0 Å². The first-order valence-corrected chi connectivity index (χ1v) is 11.5. The topological polar surface area (TPSA) is 79.2 Å². The zero-order valence-corrected chi connectivity index (χ0v) is 17.6. The molecule has 1 aliphatic heterocycles. The maximum Gasteiger partial charge on any atom is 0.454 e. The molecule has 5 aliphatic rings. The van der Waals surface area contributed by atoms with Gasteiger partial charge in [0.25, 0.3) is 0 Å². The highest BCUT2D eigenvalue weighted by atomic mass is 16.6. The van der Waals surface area contributed by atoms with E-state index >= 15 is 0 Å². The molecule has 5 nitrogen and oxygen atoms in total. The Balaban J connectivity index is 1.50. The Morgan fingerprint density at radius 1 is 1.00 bits per heavy atom. The highest BCUT2D eigenvalue weighted by molar-refractivity contribution is 6.42. The number of rotatable bonds is 0. The SMILES string of the molecule is CB1OCC(O)C2(CCC3C4CCC5CC(O)CCC5(C)C4C(O)CC32C)O1. The van der Waals surface area contributed by atoms with Crippen LogP contribution in [0.25, 0.3) is 0 Å². The first-order chi connectivity index (χ1) is 13.2. The summed E-state index contributed by atoms with van der Waals surface area (Å²) in [5.41, 5.74) is -0.689. The van der Waals surface area contributed by atoms with Crippen molar-refractivity contribution in [1.82, 2.24) is 0 Å². The van der Waals surface area contributed by atoms with Crippen molar-refractivity contribution in [3.8, 4) is 0 Å². The molecule has 1 heterocycles. The Bertz CT molecular complexity index is 632. The summed E-state index contributed by atoms with van der Waals surface area (Å²) < 4.78 is 12.0. The number of aliphatic hydroxyl groups excluding tert-OH is 3. The van der Waals surface area contributed by atoms with E-state index < -0.39 is 11.7 Å². The van der Waals surface area contributed by atoms with Crippen LogP contribution in [0.5, 0.6) is 0 Å². The largest absolute Gasteiger partial charge is 0.454 e. The molecule has 4 saturated carbocycles. The second-order valence-electron chi connectivity index (χ2n) is 11.2. The summed E-state index contributed by atoms with van der Waals surface area (Å²) in [6, 6.07) is 0. The minimum atomic E-state index is -0.626. The zero-order chi connectivity index (χ0) is 19.9. The molecule has 0 amide bonds.